The fraction of sp³-hybridized carbons (Fsp3) is 0.647. The zero-order chi connectivity index (χ0) is 15.0. The smallest absolute Gasteiger partial charge is 0.0897 e. The molecule has 0 fully saturated rings. The van der Waals surface area contributed by atoms with Gasteiger partial charge in [-0.3, -0.25) is 0 Å². The van der Waals surface area contributed by atoms with Crippen LogP contribution in [-0.2, 0) is 11.3 Å². The second-order valence-corrected chi connectivity index (χ2v) is 6.04. The molecule has 2 unspecified atom stereocenters. The number of ether oxygens (including phenoxy) is 1. The number of aryl methyl sites for hydroxylation is 1. The van der Waals surface area contributed by atoms with Gasteiger partial charge in [-0.25, -0.2) is 0 Å². The maximum atomic E-state index is 9.87. The highest BCUT2D eigenvalue weighted by atomic mass is 16.5. The van der Waals surface area contributed by atoms with Crippen LogP contribution in [0, 0.1) is 12.8 Å². The Morgan fingerprint density at radius 2 is 1.80 bits per heavy atom. The number of aliphatic hydroxyl groups is 1. The quantitative estimate of drug-likeness (QED) is 0.730. The molecule has 0 bridgehead atoms. The van der Waals surface area contributed by atoms with Gasteiger partial charge in [-0.15, -0.1) is 0 Å². The Balaban J connectivity index is 2.13. The van der Waals surface area contributed by atoms with Gasteiger partial charge >= 0.3 is 0 Å². The first-order chi connectivity index (χ1) is 9.47. The third-order valence-electron chi connectivity index (χ3n) is 3.21. The summed E-state index contributed by atoms with van der Waals surface area (Å²) in [4.78, 5) is 0. The molecule has 2 N–H and O–H groups in total. The minimum absolute atomic E-state index is 0.210. The molecule has 20 heavy (non-hydrogen) atoms. The minimum atomic E-state index is -0.449. The summed E-state index contributed by atoms with van der Waals surface area (Å²) in [5, 5.41) is 13.1. The number of rotatable bonds is 9. The second-order valence-electron chi connectivity index (χ2n) is 6.04. The van der Waals surface area contributed by atoms with Crippen LogP contribution in [0.1, 0.15) is 38.3 Å². The first kappa shape index (κ1) is 17.2. The Labute approximate surface area is 123 Å². The Morgan fingerprint density at radius 3 is 2.40 bits per heavy atom. The molecule has 3 nitrogen and oxygen atoms in total. The van der Waals surface area contributed by atoms with E-state index in [1.165, 1.54) is 11.1 Å². The summed E-state index contributed by atoms with van der Waals surface area (Å²) in [6, 6.07) is 8.42. The van der Waals surface area contributed by atoms with Crippen molar-refractivity contribution < 1.29 is 9.84 Å². The fourth-order valence-corrected chi connectivity index (χ4v) is 2.16. The summed E-state index contributed by atoms with van der Waals surface area (Å²) >= 11 is 0. The fourth-order valence-electron chi connectivity index (χ4n) is 2.16. The molecule has 0 spiro atoms. The van der Waals surface area contributed by atoms with Crippen LogP contribution in [-0.4, -0.2) is 30.5 Å². The molecular formula is C17H29NO2. The van der Waals surface area contributed by atoms with Gasteiger partial charge < -0.3 is 15.2 Å². The van der Waals surface area contributed by atoms with Crippen LogP contribution in [0.5, 0.6) is 0 Å². The van der Waals surface area contributed by atoms with E-state index < -0.39 is 6.10 Å². The van der Waals surface area contributed by atoms with Gasteiger partial charge in [-0.05, 0) is 31.7 Å². The van der Waals surface area contributed by atoms with Crippen molar-refractivity contribution in [2.45, 2.75) is 52.9 Å². The molecule has 0 saturated heterocycles. The Kier molecular flexibility index (Phi) is 7.82. The Morgan fingerprint density at radius 1 is 1.15 bits per heavy atom. The summed E-state index contributed by atoms with van der Waals surface area (Å²) in [5.41, 5.74) is 2.50. The van der Waals surface area contributed by atoms with Crippen molar-refractivity contribution in [3.8, 4) is 0 Å². The lowest BCUT2D eigenvalue weighted by molar-refractivity contribution is -0.00857. The maximum absolute atomic E-state index is 9.87. The standard InChI is InChI=1S/C17H29NO2/c1-13(2)9-15(4)20-12-17(19)11-18-10-16-7-5-14(3)6-8-16/h5-8,13,15,17-19H,9-12H2,1-4H3. The number of hydrogen-bond donors (Lipinski definition) is 2. The van der Waals surface area contributed by atoms with Gasteiger partial charge in [0, 0.05) is 13.1 Å². The highest BCUT2D eigenvalue weighted by Crippen LogP contribution is 2.07. The lowest BCUT2D eigenvalue weighted by atomic mass is 10.1. The molecule has 1 aromatic carbocycles. The Hall–Kier alpha value is -0.900. The molecule has 0 saturated carbocycles. The molecule has 1 aromatic rings. The van der Waals surface area contributed by atoms with Crippen molar-refractivity contribution >= 4 is 0 Å². The van der Waals surface area contributed by atoms with E-state index in [0.29, 0.717) is 19.1 Å². The molecular weight excluding hydrogens is 250 g/mol. The average Bonchev–Trinajstić information content (AvgIpc) is 2.38. The molecule has 0 aliphatic heterocycles. The predicted molar refractivity (Wildman–Crippen MR) is 83.8 cm³/mol. The van der Waals surface area contributed by atoms with Crippen molar-refractivity contribution in [3.63, 3.8) is 0 Å². The molecule has 3 heteroatoms. The summed E-state index contributed by atoms with van der Waals surface area (Å²) in [6.07, 6.45) is 0.792. The summed E-state index contributed by atoms with van der Waals surface area (Å²) in [5.74, 6) is 0.627. The predicted octanol–water partition coefficient (Wildman–Crippen LogP) is 2.90. The molecule has 0 amide bonds. The number of hydrogen-bond acceptors (Lipinski definition) is 3. The van der Waals surface area contributed by atoms with Gasteiger partial charge in [0.15, 0.2) is 0 Å². The van der Waals surface area contributed by atoms with Crippen LogP contribution < -0.4 is 5.32 Å². The van der Waals surface area contributed by atoms with E-state index in [9.17, 15) is 5.11 Å². The van der Waals surface area contributed by atoms with Crippen LogP contribution in [0.2, 0.25) is 0 Å². The number of aliphatic hydroxyl groups excluding tert-OH is 1. The van der Waals surface area contributed by atoms with Crippen LogP contribution in [0.4, 0.5) is 0 Å². The van der Waals surface area contributed by atoms with Crippen molar-refractivity contribution in [1.82, 2.24) is 5.32 Å². The molecule has 1 rings (SSSR count). The van der Waals surface area contributed by atoms with Gasteiger partial charge in [0.2, 0.25) is 0 Å². The monoisotopic (exact) mass is 279 g/mol. The molecule has 0 aliphatic rings. The van der Waals surface area contributed by atoms with Crippen LogP contribution in [0.15, 0.2) is 24.3 Å². The van der Waals surface area contributed by atoms with E-state index in [4.69, 9.17) is 4.74 Å². The van der Waals surface area contributed by atoms with E-state index in [0.717, 1.165) is 13.0 Å². The van der Waals surface area contributed by atoms with E-state index in [2.05, 4.69) is 57.3 Å². The Bertz CT molecular complexity index is 362. The van der Waals surface area contributed by atoms with Crippen LogP contribution >= 0.6 is 0 Å². The van der Waals surface area contributed by atoms with Gasteiger partial charge in [0.1, 0.15) is 0 Å². The summed E-state index contributed by atoms with van der Waals surface area (Å²) < 4.78 is 5.64. The SMILES string of the molecule is Cc1ccc(CNCC(O)COC(C)CC(C)C)cc1. The molecule has 0 aromatic heterocycles. The zero-order valence-corrected chi connectivity index (χ0v) is 13.2. The zero-order valence-electron chi connectivity index (χ0n) is 13.2. The molecule has 2 atom stereocenters. The molecule has 0 heterocycles. The third kappa shape index (κ3) is 7.63. The molecule has 0 radical (unpaired) electrons. The average molecular weight is 279 g/mol. The second kappa shape index (κ2) is 9.11. The van der Waals surface area contributed by atoms with Gasteiger partial charge in [0.25, 0.3) is 0 Å². The van der Waals surface area contributed by atoms with Crippen molar-refractivity contribution in [3.05, 3.63) is 35.4 Å². The van der Waals surface area contributed by atoms with Crippen LogP contribution in [0.25, 0.3) is 0 Å². The van der Waals surface area contributed by atoms with Gasteiger partial charge in [0.05, 0.1) is 18.8 Å². The van der Waals surface area contributed by atoms with Crippen molar-refractivity contribution in [2.75, 3.05) is 13.2 Å². The summed E-state index contributed by atoms with van der Waals surface area (Å²) in [7, 11) is 0. The van der Waals surface area contributed by atoms with Crippen LogP contribution in [0.3, 0.4) is 0 Å². The first-order valence-corrected chi connectivity index (χ1v) is 7.53. The lowest BCUT2D eigenvalue weighted by Gasteiger charge is -2.18. The normalized spacial score (nSPS) is 14.5. The van der Waals surface area contributed by atoms with Crippen molar-refractivity contribution in [1.29, 1.82) is 0 Å². The minimum Gasteiger partial charge on any atom is -0.389 e. The van der Waals surface area contributed by atoms with Crippen molar-refractivity contribution in [2.24, 2.45) is 5.92 Å². The molecule has 114 valence electrons. The van der Waals surface area contributed by atoms with E-state index in [1.807, 2.05) is 0 Å². The highest BCUT2D eigenvalue weighted by molar-refractivity contribution is 5.21. The largest absolute Gasteiger partial charge is 0.389 e. The van der Waals surface area contributed by atoms with E-state index >= 15 is 0 Å². The summed E-state index contributed by atoms with van der Waals surface area (Å²) in [6.45, 7) is 10.2. The van der Waals surface area contributed by atoms with Gasteiger partial charge in [-0.1, -0.05) is 43.7 Å². The number of nitrogens with one attached hydrogen (secondary N) is 1. The third-order valence-corrected chi connectivity index (χ3v) is 3.21. The first-order valence-electron chi connectivity index (χ1n) is 7.53. The molecule has 0 aliphatic carbocycles. The lowest BCUT2D eigenvalue weighted by Crippen LogP contribution is -2.31. The van der Waals surface area contributed by atoms with Gasteiger partial charge in [-0.2, -0.15) is 0 Å². The van der Waals surface area contributed by atoms with E-state index in [-0.39, 0.29) is 6.10 Å². The van der Waals surface area contributed by atoms with E-state index in [1.54, 1.807) is 0 Å². The maximum Gasteiger partial charge on any atom is 0.0897 e. The topological polar surface area (TPSA) is 41.5 Å². The number of benzene rings is 1. The highest BCUT2D eigenvalue weighted by Gasteiger charge is 2.09.